The summed E-state index contributed by atoms with van der Waals surface area (Å²) >= 11 is 5.99. The lowest BCUT2D eigenvalue weighted by molar-refractivity contribution is 0.472. The lowest BCUT2D eigenvalue weighted by Gasteiger charge is -1.99. The molecule has 2 rings (SSSR count). The van der Waals surface area contributed by atoms with Crippen molar-refractivity contribution in [3.63, 3.8) is 0 Å². The fourth-order valence-electron chi connectivity index (χ4n) is 1.34. The van der Waals surface area contributed by atoms with Crippen LogP contribution in [-0.4, -0.2) is 21.8 Å². The first kappa shape index (κ1) is 11.9. The summed E-state index contributed by atoms with van der Waals surface area (Å²) in [6, 6.07) is 4.58. The van der Waals surface area contributed by atoms with Gasteiger partial charge in [-0.2, -0.15) is 0 Å². The average molecular weight is 254 g/mol. The molecule has 0 saturated carbocycles. The number of hydrogen-bond donors (Lipinski definition) is 2. The van der Waals surface area contributed by atoms with Gasteiger partial charge in [0, 0.05) is 0 Å². The van der Waals surface area contributed by atoms with Crippen LogP contribution in [0.1, 0.15) is 12.8 Å². The number of halogens is 1. The fraction of sp³-hybridized carbons (Fsp3) is 0.273. The normalized spacial score (nSPS) is 10.7. The van der Waals surface area contributed by atoms with Crippen molar-refractivity contribution in [3.8, 4) is 17.2 Å². The van der Waals surface area contributed by atoms with Crippen molar-refractivity contribution < 1.29 is 9.52 Å². The second kappa shape index (κ2) is 5.16. The first-order chi connectivity index (χ1) is 8.20. The van der Waals surface area contributed by atoms with Crippen molar-refractivity contribution in [2.45, 2.75) is 13.5 Å². The minimum atomic E-state index is 0.107. The van der Waals surface area contributed by atoms with E-state index in [9.17, 15) is 5.11 Å². The summed E-state index contributed by atoms with van der Waals surface area (Å²) in [6.07, 6.45) is 0. The number of hydrogen-bond acceptors (Lipinski definition) is 5. The van der Waals surface area contributed by atoms with Gasteiger partial charge in [0.15, 0.2) is 0 Å². The van der Waals surface area contributed by atoms with Crippen LogP contribution in [0.2, 0.25) is 5.02 Å². The molecule has 1 heterocycles. The number of phenols is 1. The Balaban J connectivity index is 2.27. The smallest absolute Gasteiger partial charge is 0.249 e. The predicted molar refractivity (Wildman–Crippen MR) is 63.8 cm³/mol. The van der Waals surface area contributed by atoms with Crippen LogP contribution in [0.4, 0.5) is 0 Å². The summed E-state index contributed by atoms with van der Waals surface area (Å²) in [6.45, 7) is 3.33. The maximum atomic E-state index is 9.39. The van der Waals surface area contributed by atoms with Gasteiger partial charge in [-0.15, -0.1) is 10.2 Å². The molecule has 1 aromatic heterocycles. The number of benzene rings is 1. The van der Waals surface area contributed by atoms with E-state index in [4.69, 9.17) is 16.0 Å². The molecule has 5 nitrogen and oxygen atoms in total. The van der Waals surface area contributed by atoms with Crippen LogP contribution in [0, 0.1) is 0 Å². The molecule has 0 amide bonds. The Morgan fingerprint density at radius 1 is 1.41 bits per heavy atom. The van der Waals surface area contributed by atoms with E-state index < -0.39 is 0 Å². The maximum Gasteiger partial charge on any atom is 0.249 e. The average Bonchev–Trinajstić information content (AvgIpc) is 2.78. The Bertz CT molecular complexity index is 513. The molecule has 0 atom stereocenters. The van der Waals surface area contributed by atoms with Crippen LogP contribution in [0.25, 0.3) is 11.5 Å². The van der Waals surface area contributed by atoms with Crippen LogP contribution >= 0.6 is 11.6 Å². The van der Waals surface area contributed by atoms with Gasteiger partial charge in [0.2, 0.25) is 11.8 Å². The first-order valence-corrected chi connectivity index (χ1v) is 5.60. The SMILES string of the molecule is CCNCc1nnc(-c2cc(O)ccc2Cl)o1. The quantitative estimate of drug-likeness (QED) is 0.874. The second-order valence-corrected chi connectivity index (χ2v) is 3.85. The Labute approximate surface area is 103 Å². The highest BCUT2D eigenvalue weighted by Gasteiger charge is 2.12. The van der Waals surface area contributed by atoms with Gasteiger partial charge in [-0.05, 0) is 24.7 Å². The zero-order chi connectivity index (χ0) is 12.3. The van der Waals surface area contributed by atoms with Gasteiger partial charge < -0.3 is 14.8 Å². The van der Waals surface area contributed by atoms with Gasteiger partial charge in [-0.1, -0.05) is 18.5 Å². The van der Waals surface area contributed by atoms with E-state index in [-0.39, 0.29) is 5.75 Å². The molecule has 0 unspecified atom stereocenters. The molecule has 6 heteroatoms. The molecule has 0 fully saturated rings. The van der Waals surface area contributed by atoms with E-state index >= 15 is 0 Å². The molecule has 0 aliphatic carbocycles. The maximum absolute atomic E-state index is 9.39. The summed E-state index contributed by atoms with van der Waals surface area (Å²) in [5, 5.41) is 20.7. The zero-order valence-electron chi connectivity index (χ0n) is 9.27. The lowest BCUT2D eigenvalue weighted by Crippen LogP contribution is -2.11. The van der Waals surface area contributed by atoms with Crippen molar-refractivity contribution in [2.75, 3.05) is 6.54 Å². The first-order valence-electron chi connectivity index (χ1n) is 5.22. The molecule has 0 radical (unpaired) electrons. The van der Waals surface area contributed by atoms with Gasteiger partial charge in [0.25, 0.3) is 0 Å². The van der Waals surface area contributed by atoms with E-state index in [1.165, 1.54) is 12.1 Å². The number of rotatable bonds is 4. The molecular weight excluding hydrogens is 242 g/mol. The lowest BCUT2D eigenvalue weighted by atomic mass is 10.2. The fourth-order valence-corrected chi connectivity index (χ4v) is 1.54. The van der Waals surface area contributed by atoms with Gasteiger partial charge in [-0.25, -0.2) is 0 Å². The second-order valence-electron chi connectivity index (χ2n) is 3.45. The highest BCUT2D eigenvalue weighted by Crippen LogP contribution is 2.29. The standard InChI is InChI=1S/C11H12ClN3O2/c1-2-13-6-10-14-15-11(17-10)8-5-7(16)3-4-9(8)12/h3-5,13,16H,2,6H2,1H3. The van der Waals surface area contributed by atoms with Crippen LogP contribution in [0.5, 0.6) is 5.75 Å². The largest absolute Gasteiger partial charge is 0.508 e. The van der Waals surface area contributed by atoms with Crippen LogP contribution in [0.15, 0.2) is 22.6 Å². The summed E-state index contributed by atoms with van der Waals surface area (Å²) in [5.41, 5.74) is 0.530. The number of nitrogens with one attached hydrogen (secondary N) is 1. The van der Waals surface area contributed by atoms with Gasteiger partial charge >= 0.3 is 0 Å². The minimum absolute atomic E-state index is 0.107. The number of nitrogens with zero attached hydrogens (tertiary/aromatic N) is 2. The third-order valence-electron chi connectivity index (χ3n) is 2.17. The highest BCUT2D eigenvalue weighted by atomic mass is 35.5. The third-order valence-corrected chi connectivity index (χ3v) is 2.50. The van der Waals surface area contributed by atoms with Gasteiger partial charge in [-0.3, -0.25) is 0 Å². The molecule has 0 saturated heterocycles. The minimum Gasteiger partial charge on any atom is -0.508 e. The van der Waals surface area contributed by atoms with E-state index in [0.29, 0.717) is 28.9 Å². The molecule has 17 heavy (non-hydrogen) atoms. The third kappa shape index (κ3) is 2.75. The van der Waals surface area contributed by atoms with Gasteiger partial charge in [0.05, 0.1) is 17.1 Å². The number of aromatic hydroxyl groups is 1. The monoisotopic (exact) mass is 253 g/mol. The highest BCUT2D eigenvalue weighted by molar-refractivity contribution is 6.33. The van der Waals surface area contributed by atoms with Gasteiger partial charge in [0.1, 0.15) is 5.75 Å². The van der Waals surface area contributed by atoms with E-state index in [1.807, 2.05) is 6.92 Å². The van der Waals surface area contributed by atoms with E-state index in [0.717, 1.165) is 6.54 Å². The van der Waals surface area contributed by atoms with Crippen molar-refractivity contribution in [1.82, 2.24) is 15.5 Å². The molecule has 2 N–H and O–H groups in total. The molecule has 0 bridgehead atoms. The molecule has 0 spiro atoms. The molecule has 0 aliphatic heterocycles. The van der Waals surface area contributed by atoms with E-state index in [1.54, 1.807) is 6.07 Å². The van der Waals surface area contributed by atoms with Crippen molar-refractivity contribution in [3.05, 3.63) is 29.1 Å². The Morgan fingerprint density at radius 3 is 3.00 bits per heavy atom. The summed E-state index contributed by atoms with van der Waals surface area (Å²) < 4.78 is 5.43. The molecule has 0 aliphatic rings. The summed E-state index contributed by atoms with van der Waals surface area (Å²) in [7, 11) is 0. The summed E-state index contributed by atoms with van der Waals surface area (Å²) in [4.78, 5) is 0. The van der Waals surface area contributed by atoms with Crippen LogP contribution < -0.4 is 5.32 Å². The van der Waals surface area contributed by atoms with Crippen LogP contribution in [-0.2, 0) is 6.54 Å². The van der Waals surface area contributed by atoms with Crippen LogP contribution in [0.3, 0.4) is 0 Å². The number of aromatic nitrogens is 2. The molecule has 1 aromatic carbocycles. The molecular formula is C11H12ClN3O2. The summed E-state index contributed by atoms with van der Waals surface area (Å²) in [5.74, 6) is 0.899. The van der Waals surface area contributed by atoms with Crippen molar-refractivity contribution >= 4 is 11.6 Å². The number of phenolic OH excluding ortho intramolecular Hbond substituents is 1. The molecule has 2 aromatic rings. The predicted octanol–water partition coefficient (Wildman–Crippen LogP) is 2.21. The Hall–Kier alpha value is -1.59. The van der Waals surface area contributed by atoms with E-state index in [2.05, 4.69) is 15.5 Å². The Morgan fingerprint density at radius 2 is 2.24 bits per heavy atom. The Kier molecular flexibility index (Phi) is 3.61. The molecule has 90 valence electrons. The van der Waals surface area contributed by atoms with Crippen molar-refractivity contribution in [2.24, 2.45) is 0 Å². The topological polar surface area (TPSA) is 71.2 Å². The zero-order valence-corrected chi connectivity index (χ0v) is 10.0. The van der Waals surface area contributed by atoms with Crippen molar-refractivity contribution in [1.29, 1.82) is 0 Å².